The molecule has 4 aliphatic rings. The quantitative estimate of drug-likeness (QED) is 0.0830. The van der Waals surface area contributed by atoms with Gasteiger partial charge in [-0.15, -0.1) is 0 Å². The zero-order chi connectivity index (χ0) is 45.3. The van der Waals surface area contributed by atoms with Gasteiger partial charge in [-0.2, -0.15) is 5.26 Å². The Balaban J connectivity index is 0.784. The summed E-state index contributed by atoms with van der Waals surface area (Å²) in [7, 11) is 0. The first-order valence-electron chi connectivity index (χ1n) is 22.6. The maximum Gasteiger partial charge on any atom is 0.322 e. The van der Waals surface area contributed by atoms with Crippen LogP contribution in [-0.4, -0.2) is 101 Å². The molecular formula is C49H54N10O6. The van der Waals surface area contributed by atoms with E-state index in [1.54, 1.807) is 24.4 Å². The van der Waals surface area contributed by atoms with Crippen LogP contribution >= 0.6 is 0 Å². The number of nitrogens with one attached hydrogen (secondary N) is 4. The molecule has 336 valence electrons. The molecule has 1 saturated carbocycles. The van der Waals surface area contributed by atoms with Crippen LogP contribution in [0.2, 0.25) is 0 Å². The molecule has 3 fully saturated rings. The van der Waals surface area contributed by atoms with Crippen molar-refractivity contribution in [2.45, 2.75) is 88.9 Å². The fraction of sp³-hybridized carbons (Fsp3) is 0.388. The van der Waals surface area contributed by atoms with Gasteiger partial charge >= 0.3 is 6.03 Å². The number of piperazine rings is 1. The minimum Gasteiger partial charge on any atom is -0.369 e. The summed E-state index contributed by atoms with van der Waals surface area (Å²) < 4.78 is 0. The lowest BCUT2D eigenvalue weighted by molar-refractivity contribution is -0.136. The number of nitrogens with zero attached hydrogens (tertiary/aromatic N) is 6. The summed E-state index contributed by atoms with van der Waals surface area (Å²) in [4.78, 5) is 89.5. The van der Waals surface area contributed by atoms with E-state index in [0.29, 0.717) is 18.5 Å². The van der Waals surface area contributed by atoms with Gasteiger partial charge in [-0.3, -0.25) is 44.0 Å². The number of hydrogen-bond acceptors (Lipinski definition) is 11. The molecule has 1 aliphatic carbocycles. The summed E-state index contributed by atoms with van der Waals surface area (Å²) in [6.07, 6.45) is 7.80. The lowest BCUT2D eigenvalue weighted by atomic mass is 9.90. The highest BCUT2D eigenvalue weighted by Gasteiger charge is 2.45. The maximum atomic E-state index is 13.9. The Labute approximate surface area is 378 Å². The number of fused-ring (bicyclic) bond motifs is 1. The van der Waals surface area contributed by atoms with Crippen LogP contribution in [0.5, 0.6) is 0 Å². The number of anilines is 4. The highest BCUT2D eigenvalue weighted by atomic mass is 16.2. The van der Waals surface area contributed by atoms with Crippen LogP contribution in [0.15, 0.2) is 91.1 Å². The second-order valence-corrected chi connectivity index (χ2v) is 17.1. The number of imide groups is 2. The van der Waals surface area contributed by atoms with Crippen molar-refractivity contribution in [3.05, 3.63) is 113 Å². The number of aromatic nitrogens is 1. The van der Waals surface area contributed by atoms with E-state index in [1.807, 2.05) is 41.3 Å². The van der Waals surface area contributed by atoms with Crippen LogP contribution in [0.4, 0.5) is 27.7 Å². The Morgan fingerprint density at radius 2 is 1.58 bits per heavy atom. The molecule has 0 bridgehead atoms. The van der Waals surface area contributed by atoms with Gasteiger partial charge in [0.05, 0.1) is 22.4 Å². The molecule has 3 aromatic carbocycles. The summed E-state index contributed by atoms with van der Waals surface area (Å²) in [5.74, 6) is -1.90. The van der Waals surface area contributed by atoms with Crippen LogP contribution in [0.25, 0.3) is 0 Å². The van der Waals surface area contributed by atoms with Crippen LogP contribution in [0.3, 0.4) is 0 Å². The van der Waals surface area contributed by atoms with E-state index >= 15 is 0 Å². The van der Waals surface area contributed by atoms with Crippen molar-refractivity contribution in [3.8, 4) is 6.07 Å². The van der Waals surface area contributed by atoms with Gasteiger partial charge in [-0.25, -0.2) is 9.78 Å². The van der Waals surface area contributed by atoms with E-state index in [1.165, 1.54) is 6.07 Å². The third-order valence-electron chi connectivity index (χ3n) is 12.8. The number of benzene rings is 3. The molecule has 4 N–H and O–H groups in total. The second kappa shape index (κ2) is 20.6. The van der Waals surface area contributed by atoms with Crippen molar-refractivity contribution in [2.75, 3.05) is 53.2 Å². The molecule has 4 aromatic rings. The Morgan fingerprint density at radius 3 is 2.29 bits per heavy atom. The average Bonchev–Trinajstić information content (AvgIpc) is 3.58. The summed E-state index contributed by atoms with van der Waals surface area (Å²) in [5, 5.41) is 20.8. The summed E-state index contributed by atoms with van der Waals surface area (Å²) in [6, 6.07) is 27.7. The fourth-order valence-electron chi connectivity index (χ4n) is 9.27. The van der Waals surface area contributed by atoms with E-state index in [9.17, 15) is 28.8 Å². The zero-order valence-electron chi connectivity index (χ0n) is 36.3. The van der Waals surface area contributed by atoms with Crippen molar-refractivity contribution in [1.29, 1.82) is 5.26 Å². The first-order valence-corrected chi connectivity index (χ1v) is 22.6. The number of nitriles is 1. The van der Waals surface area contributed by atoms with Gasteiger partial charge in [0, 0.05) is 75.2 Å². The smallest absolute Gasteiger partial charge is 0.322 e. The number of carbonyl (C=O) groups is 6. The number of pyridine rings is 1. The predicted octanol–water partition coefficient (Wildman–Crippen LogP) is 5.82. The number of piperidine rings is 1. The maximum absolute atomic E-state index is 13.9. The SMILES string of the molecule is N#Cc1ccc(NC2CCC(N(C(=O)NCc3ccccc3)c3ccc(N4CCN(CCCCCC(=O)Nc5cccc6c5C(=O)N(C5CCC(=O)NC5=O)C6=O)CC4)cc3)CC2)nc1. The Hall–Kier alpha value is -7.12. The first kappa shape index (κ1) is 44.5. The number of unbranched alkanes of at least 4 members (excludes halogenated alkanes) is 2. The van der Waals surface area contributed by atoms with Gasteiger partial charge in [0.2, 0.25) is 17.7 Å². The molecule has 0 radical (unpaired) electrons. The van der Waals surface area contributed by atoms with Crippen LogP contribution < -0.4 is 31.1 Å². The molecule has 2 saturated heterocycles. The lowest BCUT2D eigenvalue weighted by Gasteiger charge is -2.38. The van der Waals surface area contributed by atoms with Gasteiger partial charge in [0.25, 0.3) is 11.8 Å². The number of urea groups is 1. The van der Waals surface area contributed by atoms with Crippen molar-refractivity contribution in [2.24, 2.45) is 0 Å². The number of hydrogen-bond donors (Lipinski definition) is 4. The number of amides is 7. The van der Waals surface area contributed by atoms with Crippen molar-refractivity contribution in [1.82, 2.24) is 25.4 Å². The molecule has 8 rings (SSSR count). The van der Waals surface area contributed by atoms with Gasteiger partial charge in [0.1, 0.15) is 17.9 Å². The van der Waals surface area contributed by atoms with Crippen LogP contribution in [-0.2, 0) is 20.9 Å². The van der Waals surface area contributed by atoms with E-state index < -0.39 is 29.7 Å². The summed E-state index contributed by atoms with van der Waals surface area (Å²) in [6.45, 7) is 4.92. The van der Waals surface area contributed by atoms with Crippen molar-refractivity contribution in [3.63, 3.8) is 0 Å². The fourth-order valence-corrected chi connectivity index (χ4v) is 9.27. The normalized spacial score (nSPS) is 19.8. The van der Waals surface area contributed by atoms with Crippen molar-refractivity contribution >= 4 is 58.4 Å². The van der Waals surface area contributed by atoms with Gasteiger partial charge in [0.15, 0.2) is 0 Å². The molecule has 65 heavy (non-hydrogen) atoms. The minimum atomic E-state index is -1.08. The summed E-state index contributed by atoms with van der Waals surface area (Å²) in [5.41, 5.74) is 3.97. The third-order valence-corrected chi connectivity index (χ3v) is 12.8. The summed E-state index contributed by atoms with van der Waals surface area (Å²) >= 11 is 0. The van der Waals surface area contributed by atoms with E-state index in [0.717, 1.165) is 98.9 Å². The molecule has 1 unspecified atom stereocenters. The van der Waals surface area contributed by atoms with Gasteiger partial charge in [-0.05, 0) is 106 Å². The zero-order valence-corrected chi connectivity index (χ0v) is 36.3. The molecule has 4 heterocycles. The largest absolute Gasteiger partial charge is 0.369 e. The van der Waals surface area contributed by atoms with E-state index in [-0.39, 0.29) is 60.1 Å². The molecular weight excluding hydrogens is 825 g/mol. The highest BCUT2D eigenvalue weighted by molar-refractivity contribution is 6.26. The standard InChI is InChI=1S/C49H54N10O6/c50-30-34-13-23-42(51-32-34)53-35-14-16-37(17-15-35)58(49(65)52-31-33-8-3-1-4-9-33)38-20-18-36(19-21-38)57-28-26-56(27-29-57)25-6-2-5-12-43(60)54-40-11-7-10-39-45(40)48(64)59(47(39)63)41-22-24-44(61)55-46(41)62/h1,3-4,7-11,13,18-21,23,32,35,37,41H,2,5-6,12,14-17,22,24-29,31H2,(H,51,53)(H,52,65)(H,54,60)(H,55,61,62). The molecule has 3 aliphatic heterocycles. The van der Waals surface area contributed by atoms with Gasteiger partial charge < -0.3 is 20.9 Å². The molecule has 16 heteroatoms. The number of carbonyl (C=O) groups excluding carboxylic acids is 6. The predicted molar refractivity (Wildman–Crippen MR) is 245 cm³/mol. The van der Waals surface area contributed by atoms with Crippen molar-refractivity contribution < 1.29 is 28.8 Å². The lowest BCUT2D eigenvalue weighted by Crippen LogP contribution is -2.54. The van der Waals surface area contributed by atoms with Crippen LogP contribution in [0, 0.1) is 11.3 Å². The van der Waals surface area contributed by atoms with Crippen LogP contribution in [0.1, 0.15) is 96.1 Å². The van der Waals surface area contributed by atoms with Gasteiger partial charge in [-0.1, -0.05) is 42.8 Å². The molecule has 1 atom stereocenters. The van der Waals surface area contributed by atoms with E-state index in [2.05, 4.69) is 66.4 Å². The Bertz CT molecular complexity index is 2420. The number of rotatable bonds is 15. The molecule has 16 nitrogen and oxygen atoms in total. The van der Waals surface area contributed by atoms with E-state index in [4.69, 9.17) is 5.26 Å². The topological polar surface area (TPSA) is 200 Å². The molecule has 0 spiro atoms. The monoisotopic (exact) mass is 878 g/mol. The Morgan fingerprint density at radius 1 is 0.815 bits per heavy atom. The average molecular weight is 879 g/mol. The first-order chi connectivity index (χ1) is 31.6. The minimum absolute atomic E-state index is 0.0295. The second-order valence-electron chi connectivity index (χ2n) is 17.1. The molecule has 7 amide bonds. The third kappa shape index (κ3) is 10.6. The Kier molecular flexibility index (Phi) is 14.1. The molecule has 1 aromatic heterocycles. The highest BCUT2D eigenvalue weighted by Crippen LogP contribution is 2.34.